The van der Waals surface area contributed by atoms with Crippen molar-refractivity contribution in [1.29, 1.82) is 0 Å². The Morgan fingerprint density at radius 1 is 1.25 bits per heavy atom. The quantitative estimate of drug-likeness (QED) is 0.601. The maximum Gasteiger partial charge on any atom is 0.266 e. The van der Waals surface area contributed by atoms with Crippen LogP contribution in [-0.2, 0) is 13.0 Å². The number of nitrogens with zero attached hydrogens (tertiary/aromatic N) is 6. The molecule has 1 saturated carbocycles. The molecule has 1 fully saturated rings. The van der Waals surface area contributed by atoms with Gasteiger partial charge in [0.1, 0.15) is 4.88 Å². The van der Waals surface area contributed by atoms with Gasteiger partial charge in [0, 0.05) is 24.9 Å². The van der Waals surface area contributed by atoms with Gasteiger partial charge in [-0.1, -0.05) is 18.5 Å². The number of aromatic nitrogens is 5. The predicted molar refractivity (Wildman–Crippen MR) is 104 cm³/mol. The van der Waals surface area contributed by atoms with Crippen LogP contribution in [0.15, 0.2) is 23.0 Å². The summed E-state index contributed by atoms with van der Waals surface area (Å²) in [5.74, 6) is 2.09. The Bertz CT molecular complexity index is 951. The van der Waals surface area contributed by atoms with E-state index in [1.807, 2.05) is 13.8 Å². The highest BCUT2D eigenvalue weighted by Gasteiger charge is 2.27. The van der Waals surface area contributed by atoms with Crippen molar-refractivity contribution in [1.82, 2.24) is 30.0 Å². The highest BCUT2D eigenvalue weighted by Crippen LogP contribution is 2.35. The SMILES string of the molecule is CCc1nc(-c2ncccn2)sc1C(=O)N(CC)Cc1noc(C2CCC2)n1. The van der Waals surface area contributed by atoms with Gasteiger partial charge in [-0.05, 0) is 32.3 Å². The van der Waals surface area contributed by atoms with Gasteiger partial charge in [-0.25, -0.2) is 15.0 Å². The minimum Gasteiger partial charge on any atom is -0.339 e. The van der Waals surface area contributed by atoms with E-state index in [9.17, 15) is 4.79 Å². The molecule has 0 unspecified atom stereocenters. The summed E-state index contributed by atoms with van der Waals surface area (Å²) in [5.41, 5.74) is 0.763. The summed E-state index contributed by atoms with van der Waals surface area (Å²) in [6.07, 6.45) is 7.42. The monoisotopic (exact) mass is 398 g/mol. The summed E-state index contributed by atoms with van der Waals surface area (Å²) in [6, 6.07) is 1.76. The summed E-state index contributed by atoms with van der Waals surface area (Å²) >= 11 is 1.33. The second-order valence-electron chi connectivity index (χ2n) is 6.72. The van der Waals surface area contributed by atoms with E-state index in [2.05, 4.69) is 25.1 Å². The Hall–Kier alpha value is -2.68. The van der Waals surface area contributed by atoms with Crippen molar-refractivity contribution in [3.8, 4) is 10.8 Å². The molecule has 8 nitrogen and oxygen atoms in total. The highest BCUT2D eigenvalue weighted by atomic mass is 32.1. The van der Waals surface area contributed by atoms with Crippen LogP contribution in [0.3, 0.4) is 0 Å². The smallest absolute Gasteiger partial charge is 0.266 e. The Morgan fingerprint density at radius 3 is 2.68 bits per heavy atom. The standard InChI is InChI=1S/C19H22N6O2S/c1-3-13-15(28-18(22-13)16-20-9-6-10-21-16)19(26)25(4-2)11-14-23-17(27-24-14)12-7-5-8-12/h6,9-10,12H,3-5,7-8,11H2,1-2H3. The minimum atomic E-state index is -0.0750. The number of hydrogen-bond donors (Lipinski definition) is 0. The molecular weight excluding hydrogens is 376 g/mol. The number of aryl methyl sites for hydroxylation is 1. The molecule has 0 aromatic carbocycles. The molecule has 146 valence electrons. The first kappa shape index (κ1) is 18.7. The van der Waals surface area contributed by atoms with Crippen molar-refractivity contribution in [2.75, 3.05) is 6.54 Å². The third kappa shape index (κ3) is 3.66. The average Bonchev–Trinajstić information content (AvgIpc) is 3.32. The van der Waals surface area contributed by atoms with Gasteiger partial charge in [0.15, 0.2) is 16.7 Å². The Balaban J connectivity index is 1.54. The lowest BCUT2D eigenvalue weighted by molar-refractivity contribution is 0.0751. The van der Waals surface area contributed by atoms with Gasteiger partial charge in [-0.15, -0.1) is 11.3 Å². The van der Waals surface area contributed by atoms with Crippen LogP contribution in [0.2, 0.25) is 0 Å². The normalized spacial score (nSPS) is 14.1. The second-order valence-corrected chi connectivity index (χ2v) is 7.72. The highest BCUT2D eigenvalue weighted by molar-refractivity contribution is 7.17. The molecule has 28 heavy (non-hydrogen) atoms. The summed E-state index contributed by atoms with van der Waals surface area (Å²) < 4.78 is 5.38. The van der Waals surface area contributed by atoms with E-state index >= 15 is 0 Å². The first-order chi connectivity index (χ1) is 13.7. The van der Waals surface area contributed by atoms with Crippen LogP contribution in [0.4, 0.5) is 0 Å². The average molecular weight is 398 g/mol. The van der Waals surface area contributed by atoms with Crippen LogP contribution in [0, 0.1) is 0 Å². The lowest BCUT2D eigenvalue weighted by atomic mass is 9.85. The van der Waals surface area contributed by atoms with Crippen molar-refractivity contribution in [2.24, 2.45) is 0 Å². The molecular formula is C19H22N6O2S. The van der Waals surface area contributed by atoms with Crippen LogP contribution in [0.1, 0.15) is 66.1 Å². The maximum atomic E-state index is 13.2. The predicted octanol–water partition coefficient (Wildman–Crippen LogP) is 3.48. The zero-order valence-corrected chi connectivity index (χ0v) is 16.8. The molecule has 0 N–H and O–H groups in total. The molecule has 1 aliphatic rings. The van der Waals surface area contributed by atoms with Crippen LogP contribution in [-0.4, -0.2) is 42.4 Å². The summed E-state index contributed by atoms with van der Waals surface area (Å²) in [7, 11) is 0. The van der Waals surface area contributed by atoms with Crippen molar-refractivity contribution in [3.05, 3.63) is 40.7 Å². The molecule has 0 radical (unpaired) electrons. The molecule has 3 aromatic heterocycles. The van der Waals surface area contributed by atoms with E-state index in [0.29, 0.717) is 52.9 Å². The van der Waals surface area contributed by atoms with Crippen LogP contribution in [0.25, 0.3) is 10.8 Å². The van der Waals surface area contributed by atoms with Crippen LogP contribution >= 0.6 is 11.3 Å². The molecule has 0 spiro atoms. The van der Waals surface area contributed by atoms with Crippen molar-refractivity contribution in [3.63, 3.8) is 0 Å². The Morgan fingerprint density at radius 2 is 2.04 bits per heavy atom. The third-order valence-electron chi connectivity index (χ3n) is 4.92. The summed E-state index contributed by atoms with van der Waals surface area (Å²) in [4.78, 5) is 33.1. The first-order valence-electron chi connectivity index (χ1n) is 9.58. The largest absolute Gasteiger partial charge is 0.339 e. The maximum absolute atomic E-state index is 13.2. The number of carbonyl (C=O) groups excluding carboxylic acids is 1. The first-order valence-corrected chi connectivity index (χ1v) is 10.4. The van der Waals surface area contributed by atoms with Gasteiger partial charge in [0.25, 0.3) is 5.91 Å². The van der Waals surface area contributed by atoms with Crippen LogP contribution in [0.5, 0.6) is 0 Å². The molecule has 0 aliphatic heterocycles. The number of thiazole rings is 1. The van der Waals surface area contributed by atoms with E-state index in [1.54, 1.807) is 23.4 Å². The fourth-order valence-corrected chi connectivity index (χ4v) is 4.13. The Kier molecular flexibility index (Phi) is 5.43. The number of hydrogen-bond acceptors (Lipinski definition) is 8. The van der Waals surface area contributed by atoms with Gasteiger partial charge in [-0.2, -0.15) is 4.98 Å². The van der Waals surface area contributed by atoms with Crippen molar-refractivity contribution >= 4 is 17.2 Å². The zero-order chi connectivity index (χ0) is 19.5. The van der Waals surface area contributed by atoms with Gasteiger partial charge >= 0.3 is 0 Å². The van der Waals surface area contributed by atoms with Gasteiger partial charge < -0.3 is 9.42 Å². The molecule has 4 rings (SSSR count). The topological polar surface area (TPSA) is 97.9 Å². The molecule has 0 atom stereocenters. The molecule has 3 aromatic rings. The molecule has 0 saturated heterocycles. The summed E-state index contributed by atoms with van der Waals surface area (Å²) in [6.45, 7) is 4.80. The van der Waals surface area contributed by atoms with Gasteiger partial charge in [-0.3, -0.25) is 4.79 Å². The second kappa shape index (κ2) is 8.14. The molecule has 1 amide bonds. The third-order valence-corrected chi connectivity index (χ3v) is 6.00. The molecule has 9 heteroatoms. The van der Waals surface area contributed by atoms with E-state index in [0.717, 1.165) is 18.5 Å². The van der Waals surface area contributed by atoms with E-state index in [1.165, 1.54) is 17.8 Å². The zero-order valence-electron chi connectivity index (χ0n) is 16.0. The molecule has 1 aliphatic carbocycles. The van der Waals surface area contributed by atoms with Gasteiger partial charge in [0.05, 0.1) is 12.2 Å². The van der Waals surface area contributed by atoms with Crippen molar-refractivity contribution < 1.29 is 9.32 Å². The van der Waals surface area contributed by atoms with E-state index in [-0.39, 0.29) is 5.91 Å². The number of amides is 1. The number of rotatable bonds is 7. The Labute approximate surface area is 167 Å². The van der Waals surface area contributed by atoms with Gasteiger partial charge in [0.2, 0.25) is 5.89 Å². The van der Waals surface area contributed by atoms with E-state index in [4.69, 9.17) is 4.52 Å². The number of carbonyl (C=O) groups is 1. The van der Waals surface area contributed by atoms with Crippen molar-refractivity contribution in [2.45, 2.75) is 52.0 Å². The fraction of sp³-hybridized carbons (Fsp3) is 0.474. The van der Waals surface area contributed by atoms with Crippen LogP contribution < -0.4 is 0 Å². The minimum absolute atomic E-state index is 0.0750. The fourth-order valence-electron chi connectivity index (χ4n) is 3.06. The summed E-state index contributed by atoms with van der Waals surface area (Å²) in [5, 5.41) is 4.72. The van der Waals surface area contributed by atoms with E-state index < -0.39 is 0 Å². The molecule has 0 bridgehead atoms. The molecule has 3 heterocycles. The lowest BCUT2D eigenvalue weighted by Gasteiger charge is -2.20. The lowest BCUT2D eigenvalue weighted by Crippen LogP contribution is -2.30.